The number of hydrogen-bond donors (Lipinski definition) is 0. The largest absolute Gasteiger partial charge is 0.461 e. The number of benzene rings is 1. The van der Waals surface area contributed by atoms with E-state index in [1.807, 2.05) is 0 Å². The van der Waals surface area contributed by atoms with Crippen LogP contribution in [0.1, 0.15) is 23.2 Å². The molecule has 2 saturated heterocycles. The Morgan fingerprint density at radius 1 is 1.19 bits per heavy atom. The van der Waals surface area contributed by atoms with Crippen molar-refractivity contribution in [2.75, 3.05) is 26.2 Å². The number of morpholine rings is 1. The molecule has 2 aliphatic heterocycles. The molecule has 6 nitrogen and oxygen atoms in total. The lowest BCUT2D eigenvalue weighted by atomic mass is 10.2. The molecular weight excluding hydrogens is 351 g/mol. The van der Waals surface area contributed by atoms with Crippen molar-refractivity contribution in [2.45, 2.75) is 25.0 Å². The van der Waals surface area contributed by atoms with Crippen LogP contribution in [0.2, 0.25) is 0 Å². The molecule has 0 N–H and O–H groups in total. The molecule has 3 heterocycles. The van der Waals surface area contributed by atoms with Crippen LogP contribution in [0.5, 0.6) is 11.6 Å². The zero-order chi connectivity index (χ0) is 18.6. The summed E-state index contributed by atoms with van der Waals surface area (Å²) in [7, 11) is 0. The molecule has 1 aromatic heterocycles. The first kappa shape index (κ1) is 17.9. The van der Waals surface area contributed by atoms with E-state index >= 15 is 0 Å². The summed E-state index contributed by atoms with van der Waals surface area (Å²) < 4.78 is 30.1. The van der Waals surface area contributed by atoms with Crippen LogP contribution in [0.4, 0.5) is 4.39 Å². The second-order valence-electron chi connectivity index (χ2n) is 6.77. The molecule has 2 unspecified atom stereocenters. The van der Waals surface area contributed by atoms with Gasteiger partial charge in [0.25, 0.3) is 0 Å². The summed E-state index contributed by atoms with van der Waals surface area (Å²) in [5.74, 6) is -0.615. The Bertz CT molecular complexity index is 787. The lowest BCUT2D eigenvalue weighted by Gasteiger charge is -2.31. The highest BCUT2D eigenvalue weighted by Crippen LogP contribution is 2.26. The van der Waals surface area contributed by atoms with Gasteiger partial charge in [-0.3, -0.25) is 4.90 Å². The molecule has 0 aliphatic carbocycles. The van der Waals surface area contributed by atoms with E-state index in [1.165, 1.54) is 24.4 Å². The van der Waals surface area contributed by atoms with Gasteiger partial charge in [0.2, 0.25) is 5.88 Å². The van der Waals surface area contributed by atoms with E-state index in [2.05, 4.69) is 9.88 Å². The third-order valence-electron chi connectivity index (χ3n) is 4.78. The minimum absolute atomic E-state index is 0.0832. The maximum atomic E-state index is 13.6. The number of pyridine rings is 1. The number of carbonyl (C=O) groups excluding carboxylic acids is 1. The fraction of sp³-hybridized carbons (Fsp3) is 0.400. The second-order valence-corrected chi connectivity index (χ2v) is 6.77. The number of para-hydroxylation sites is 1. The van der Waals surface area contributed by atoms with Crippen molar-refractivity contribution in [1.29, 1.82) is 0 Å². The first-order valence-corrected chi connectivity index (χ1v) is 9.11. The van der Waals surface area contributed by atoms with Crippen molar-refractivity contribution >= 4 is 5.97 Å². The van der Waals surface area contributed by atoms with Crippen LogP contribution in [0.25, 0.3) is 0 Å². The van der Waals surface area contributed by atoms with Gasteiger partial charge >= 0.3 is 5.97 Å². The van der Waals surface area contributed by atoms with E-state index in [4.69, 9.17) is 14.2 Å². The monoisotopic (exact) mass is 372 g/mol. The third-order valence-corrected chi connectivity index (χ3v) is 4.78. The van der Waals surface area contributed by atoms with Crippen molar-refractivity contribution < 1.29 is 23.4 Å². The zero-order valence-corrected chi connectivity index (χ0v) is 14.8. The second kappa shape index (κ2) is 8.02. The Labute approximate surface area is 156 Å². The summed E-state index contributed by atoms with van der Waals surface area (Å²) in [5, 5.41) is 0. The Balaban J connectivity index is 1.26. The molecule has 1 aromatic carbocycles. The molecule has 2 bridgehead atoms. The highest BCUT2D eigenvalue weighted by molar-refractivity contribution is 5.89. The summed E-state index contributed by atoms with van der Waals surface area (Å²) in [5.41, 5.74) is 0.331. The van der Waals surface area contributed by atoms with Crippen molar-refractivity contribution in [3.63, 3.8) is 0 Å². The van der Waals surface area contributed by atoms with E-state index in [1.54, 1.807) is 18.2 Å². The number of fused-ring (bicyclic) bond motifs is 2. The Kier molecular flexibility index (Phi) is 5.31. The van der Waals surface area contributed by atoms with Crippen molar-refractivity contribution in [2.24, 2.45) is 0 Å². The van der Waals surface area contributed by atoms with E-state index < -0.39 is 11.8 Å². The predicted octanol–water partition coefficient (Wildman–Crippen LogP) is 3.03. The van der Waals surface area contributed by atoms with E-state index in [9.17, 15) is 9.18 Å². The molecule has 7 heteroatoms. The summed E-state index contributed by atoms with van der Waals surface area (Å²) in [6, 6.07) is 9.14. The number of aromatic nitrogens is 1. The summed E-state index contributed by atoms with van der Waals surface area (Å²) in [6.45, 7) is 2.82. The van der Waals surface area contributed by atoms with E-state index in [-0.39, 0.29) is 11.6 Å². The first-order valence-electron chi connectivity index (χ1n) is 9.11. The van der Waals surface area contributed by atoms with Gasteiger partial charge < -0.3 is 14.2 Å². The standard InChI is InChI=1S/C20H21FN2O4/c21-17-3-1-2-4-18(17)27-19-8-5-14(11-22-19)20(24)25-10-9-23-12-15-6-7-16(13-23)26-15/h1-5,8,11,15-16H,6-7,9-10,12-13H2. The molecule has 27 heavy (non-hydrogen) atoms. The number of likely N-dealkylation sites (tertiary alicyclic amines) is 1. The minimum atomic E-state index is -0.473. The fourth-order valence-corrected chi connectivity index (χ4v) is 3.43. The zero-order valence-electron chi connectivity index (χ0n) is 14.8. The minimum Gasteiger partial charge on any atom is -0.461 e. The fourth-order valence-electron chi connectivity index (χ4n) is 3.43. The maximum Gasteiger partial charge on any atom is 0.339 e. The van der Waals surface area contributed by atoms with Crippen LogP contribution in [-0.4, -0.2) is 54.3 Å². The van der Waals surface area contributed by atoms with Crippen LogP contribution in [0.15, 0.2) is 42.6 Å². The van der Waals surface area contributed by atoms with Gasteiger partial charge in [-0.2, -0.15) is 0 Å². The van der Waals surface area contributed by atoms with Gasteiger partial charge in [-0.05, 0) is 31.0 Å². The SMILES string of the molecule is O=C(OCCN1CC2CCC(C1)O2)c1ccc(Oc2ccccc2F)nc1. The number of carbonyl (C=O) groups is 1. The lowest BCUT2D eigenvalue weighted by molar-refractivity contribution is -0.0431. The van der Waals surface area contributed by atoms with Crippen LogP contribution in [0.3, 0.4) is 0 Å². The summed E-state index contributed by atoms with van der Waals surface area (Å²) in [4.78, 5) is 18.5. The predicted molar refractivity (Wildman–Crippen MR) is 95.3 cm³/mol. The Morgan fingerprint density at radius 3 is 2.67 bits per heavy atom. The van der Waals surface area contributed by atoms with Gasteiger partial charge in [-0.25, -0.2) is 14.2 Å². The number of halogens is 1. The maximum absolute atomic E-state index is 13.6. The smallest absolute Gasteiger partial charge is 0.339 e. The average Bonchev–Trinajstić information content (AvgIpc) is 3.02. The average molecular weight is 372 g/mol. The molecule has 4 rings (SSSR count). The molecule has 2 fully saturated rings. The Morgan fingerprint density at radius 2 is 1.96 bits per heavy atom. The third kappa shape index (κ3) is 4.43. The van der Waals surface area contributed by atoms with Crippen molar-refractivity contribution in [1.82, 2.24) is 9.88 Å². The first-order chi connectivity index (χ1) is 13.2. The number of esters is 1. The van der Waals surface area contributed by atoms with Gasteiger partial charge in [0, 0.05) is 31.9 Å². The van der Waals surface area contributed by atoms with Crippen LogP contribution in [-0.2, 0) is 9.47 Å². The molecule has 2 aromatic rings. The molecule has 2 atom stereocenters. The number of hydrogen-bond acceptors (Lipinski definition) is 6. The van der Waals surface area contributed by atoms with E-state index in [0.29, 0.717) is 30.9 Å². The molecule has 0 spiro atoms. The molecule has 2 aliphatic rings. The van der Waals surface area contributed by atoms with Crippen LogP contribution in [0, 0.1) is 5.82 Å². The highest BCUT2D eigenvalue weighted by atomic mass is 19.1. The topological polar surface area (TPSA) is 60.9 Å². The normalized spacial score (nSPS) is 21.8. The number of rotatable bonds is 6. The summed E-state index contributed by atoms with van der Waals surface area (Å²) in [6.07, 6.45) is 4.26. The van der Waals surface area contributed by atoms with Gasteiger partial charge in [0.05, 0.1) is 17.8 Å². The van der Waals surface area contributed by atoms with Crippen molar-refractivity contribution in [3.8, 4) is 11.6 Å². The highest BCUT2D eigenvalue weighted by Gasteiger charge is 2.33. The van der Waals surface area contributed by atoms with Gasteiger partial charge in [0.15, 0.2) is 11.6 Å². The van der Waals surface area contributed by atoms with Crippen LogP contribution < -0.4 is 4.74 Å². The van der Waals surface area contributed by atoms with Gasteiger partial charge in [-0.15, -0.1) is 0 Å². The Hall–Kier alpha value is -2.51. The van der Waals surface area contributed by atoms with Crippen LogP contribution >= 0.6 is 0 Å². The molecule has 0 radical (unpaired) electrons. The van der Waals surface area contributed by atoms with E-state index in [0.717, 1.165) is 25.9 Å². The molecule has 0 amide bonds. The van der Waals surface area contributed by atoms with Crippen molar-refractivity contribution in [3.05, 3.63) is 54.0 Å². The lowest BCUT2D eigenvalue weighted by Crippen LogP contribution is -2.44. The molecule has 0 saturated carbocycles. The van der Waals surface area contributed by atoms with Gasteiger partial charge in [-0.1, -0.05) is 12.1 Å². The summed E-state index contributed by atoms with van der Waals surface area (Å²) >= 11 is 0. The molecular formula is C20H21FN2O4. The number of ether oxygens (including phenoxy) is 3. The number of nitrogens with zero attached hydrogens (tertiary/aromatic N) is 2. The quantitative estimate of drug-likeness (QED) is 0.727. The van der Waals surface area contributed by atoms with Gasteiger partial charge in [0.1, 0.15) is 6.61 Å². The molecule has 142 valence electrons.